The Labute approximate surface area is 135 Å². The monoisotopic (exact) mass is 327 g/mol. The van der Waals surface area contributed by atoms with E-state index in [-0.39, 0.29) is 17.5 Å². The van der Waals surface area contributed by atoms with Crippen molar-refractivity contribution in [1.29, 1.82) is 0 Å². The van der Waals surface area contributed by atoms with Crippen LogP contribution in [0.2, 0.25) is 5.02 Å². The summed E-state index contributed by atoms with van der Waals surface area (Å²) >= 11 is 6.13. The highest BCUT2D eigenvalue weighted by atomic mass is 35.5. The first-order valence-electron chi connectivity index (χ1n) is 7.42. The molecular weight excluding hydrogens is 306 g/mol. The van der Waals surface area contributed by atoms with E-state index >= 15 is 0 Å². The molecule has 2 rings (SSSR count). The quantitative estimate of drug-likeness (QED) is 0.869. The van der Waals surface area contributed by atoms with Crippen molar-refractivity contribution < 1.29 is 9.59 Å². The molecule has 22 heavy (non-hydrogen) atoms. The van der Waals surface area contributed by atoms with Crippen molar-refractivity contribution in [3.8, 4) is 0 Å². The number of rotatable bonds is 4. The molecule has 2 heterocycles. The Morgan fingerprint density at radius 3 is 2.77 bits per heavy atom. The van der Waals surface area contributed by atoms with Crippen molar-refractivity contribution in [3.05, 3.63) is 16.9 Å². The van der Waals surface area contributed by atoms with Crippen LogP contribution in [0.3, 0.4) is 0 Å². The van der Waals surface area contributed by atoms with Crippen molar-refractivity contribution in [3.63, 3.8) is 0 Å². The fourth-order valence-electron chi connectivity index (χ4n) is 2.57. The number of nitrogens with zero attached hydrogens (tertiary/aromatic N) is 4. The maximum atomic E-state index is 12.7. The molecule has 0 saturated carbocycles. The molecule has 2 amide bonds. The highest BCUT2D eigenvalue weighted by molar-refractivity contribution is 6.33. The normalized spacial score (nSPS) is 20.0. The summed E-state index contributed by atoms with van der Waals surface area (Å²) in [6, 6.07) is 0. The van der Waals surface area contributed by atoms with Gasteiger partial charge in [0.2, 0.25) is 5.91 Å². The van der Waals surface area contributed by atoms with Gasteiger partial charge in [-0.2, -0.15) is 5.10 Å². The van der Waals surface area contributed by atoms with Crippen LogP contribution in [0.4, 0.5) is 0 Å². The number of hydrogen-bond donors (Lipinski definition) is 1. The van der Waals surface area contributed by atoms with E-state index < -0.39 is 5.91 Å². The molecule has 7 nitrogen and oxygen atoms in total. The number of aromatic nitrogens is 2. The van der Waals surface area contributed by atoms with Crippen LogP contribution in [-0.4, -0.2) is 64.6 Å². The predicted molar refractivity (Wildman–Crippen MR) is 83.6 cm³/mol. The fourth-order valence-corrected chi connectivity index (χ4v) is 2.81. The molecule has 1 aromatic rings. The molecule has 0 bridgehead atoms. The van der Waals surface area contributed by atoms with E-state index in [1.807, 2.05) is 18.9 Å². The Balaban J connectivity index is 2.18. The third-order valence-corrected chi connectivity index (χ3v) is 4.06. The van der Waals surface area contributed by atoms with Crippen molar-refractivity contribution in [2.24, 2.45) is 11.7 Å². The summed E-state index contributed by atoms with van der Waals surface area (Å²) in [5.41, 5.74) is 5.66. The molecule has 1 aromatic heterocycles. The van der Waals surface area contributed by atoms with E-state index in [1.54, 1.807) is 15.8 Å². The molecule has 1 fully saturated rings. The average molecular weight is 328 g/mol. The maximum absolute atomic E-state index is 12.7. The minimum Gasteiger partial charge on any atom is -0.369 e. The van der Waals surface area contributed by atoms with E-state index in [1.165, 1.54) is 0 Å². The Morgan fingerprint density at radius 2 is 2.14 bits per heavy atom. The summed E-state index contributed by atoms with van der Waals surface area (Å²) < 4.78 is 1.67. The first kappa shape index (κ1) is 16.8. The lowest BCUT2D eigenvalue weighted by molar-refractivity contribution is -0.122. The minimum absolute atomic E-state index is 0.239. The second-order valence-corrected chi connectivity index (χ2v) is 6.11. The second kappa shape index (κ2) is 7.11. The number of halogens is 1. The summed E-state index contributed by atoms with van der Waals surface area (Å²) in [7, 11) is 1.91. The predicted octanol–water partition coefficient (Wildman–Crippen LogP) is 0.436. The lowest BCUT2D eigenvalue weighted by Crippen LogP contribution is -2.40. The zero-order chi connectivity index (χ0) is 16.3. The van der Waals surface area contributed by atoms with Gasteiger partial charge in [-0.3, -0.25) is 14.3 Å². The molecule has 1 aliphatic rings. The molecule has 1 atom stereocenters. The van der Waals surface area contributed by atoms with Crippen molar-refractivity contribution in [2.45, 2.75) is 19.9 Å². The number of amides is 2. The van der Waals surface area contributed by atoms with Crippen molar-refractivity contribution in [2.75, 3.05) is 33.2 Å². The van der Waals surface area contributed by atoms with E-state index in [4.69, 9.17) is 17.3 Å². The lowest BCUT2D eigenvalue weighted by Gasteiger charge is -2.21. The SMILES string of the molecule is CCCn1cc(Cl)c(C(=O)N2CCN(C)C[C@H](C(N)=O)C2)n1. The van der Waals surface area contributed by atoms with Gasteiger partial charge < -0.3 is 15.5 Å². The molecule has 8 heteroatoms. The molecule has 0 aliphatic carbocycles. The fraction of sp³-hybridized carbons (Fsp3) is 0.643. The highest BCUT2D eigenvalue weighted by Crippen LogP contribution is 2.18. The largest absolute Gasteiger partial charge is 0.369 e. The maximum Gasteiger partial charge on any atom is 0.275 e. The smallest absolute Gasteiger partial charge is 0.275 e. The molecule has 0 unspecified atom stereocenters. The van der Waals surface area contributed by atoms with E-state index in [9.17, 15) is 9.59 Å². The summed E-state index contributed by atoms with van der Waals surface area (Å²) in [4.78, 5) is 27.8. The van der Waals surface area contributed by atoms with Crippen LogP contribution < -0.4 is 5.73 Å². The Hall–Kier alpha value is -1.60. The Morgan fingerprint density at radius 1 is 1.41 bits per heavy atom. The summed E-state index contributed by atoms with van der Waals surface area (Å²) in [5.74, 6) is -1.02. The van der Waals surface area contributed by atoms with Crippen LogP contribution in [0.5, 0.6) is 0 Å². The van der Waals surface area contributed by atoms with Crippen molar-refractivity contribution >= 4 is 23.4 Å². The molecule has 2 N–H and O–H groups in total. The zero-order valence-electron chi connectivity index (χ0n) is 13.0. The van der Waals surface area contributed by atoms with Gasteiger partial charge in [-0.1, -0.05) is 18.5 Å². The summed E-state index contributed by atoms with van der Waals surface area (Å²) in [5, 5.41) is 4.60. The van der Waals surface area contributed by atoms with Gasteiger partial charge in [0.1, 0.15) is 0 Å². The number of carbonyl (C=O) groups is 2. The average Bonchev–Trinajstić information content (AvgIpc) is 2.69. The van der Waals surface area contributed by atoms with Gasteiger partial charge in [-0.15, -0.1) is 0 Å². The van der Waals surface area contributed by atoms with E-state index in [0.717, 1.165) is 6.42 Å². The topological polar surface area (TPSA) is 84.5 Å². The first-order chi connectivity index (χ1) is 10.4. The van der Waals surface area contributed by atoms with Crippen LogP contribution in [0, 0.1) is 5.92 Å². The van der Waals surface area contributed by atoms with Crippen LogP contribution in [0.15, 0.2) is 6.20 Å². The number of hydrogen-bond acceptors (Lipinski definition) is 4. The zero-order valence-corrected chi connectivity index (χ0v) is 13.7. The molecule has 0 radical (unpaired) electrons. The molecule has 0 spiro atoms. The summed E-state index contributed by atoms with van der Waals surface area (Å²) in [6.45, 7) is 4.80. The molecule has 122 valence electrons. The third kappa shape index (κ3) is 3.78. The molecular formula is C14H22ClN5O2. The second-order valence-electron chi connectivity index (χ2n) is 5.70. The van der Waals surface area contributed by atoms with Gasteiger partial charge in [0.15, 0.2) is 5.69 Å². The summed E-state index contributed by atoms with van der Waals surface area (Å²) in [6.07, 6.45) is 2.57. The van der Waals surface area contributed by atoms with Gasteiger partial charge in [0, 0.05) is 38.9 Å². The Bertz CT molecular complexity index is 559. The number of primary amides is 1. The molecule has 1 aliphatic heterocycles. The number of likely N-dealkylation sites (N-methyl/N-ethyl adjacent to an activating group) is 1. The molecule has 1 saturated heterocycles. The number of carbonyl (C=O) groups excluding carboxylic acids is 2. The van der Waals surface area contributed by atoms with Crippen LogP contribution in [0.1, 0.15) is 23.8 Å². The number of aryl methyl sites for hydroxylation is 1. The van der Waals surface area contributed by atoms with Gasteiger partial charge in [0.05, 0.1) is 10.9 Å². The van der Waals surface area contributed by atoms with Gasteiger partial charge >= 0.3 is 0 Å². The van der Waals surface area contributed by atoms with Crippen LogP contribution in [0.25, 0.3) is 0 Å². The van der Waals surface area contributed by atoms with Crippen molar-refractivity contribution in [1.82, 2.24) is 19.6 Å². The number of nitrogens with two attached hydrogens (primary N) is 1. The van der Waals surface area contributed by atoms with Gasteiger partial charge in [0.25, 0.3) is 5.91 Å². The van der Waals surface area contributed by atoms with Crippen LogP contribution >= 0.6 is 11.6 Å². The van der Waals surface area contributed by atoms with Gasteiger partial charge in [-0.05, 0) is 13.5 Å². The minimum atomic E-state index is -0.394. The van der Waals surface area contributed by atoms with Crippen LogP contribution in [-0.2, 0) is 11.3 Å². The highest BCUT2D eigenvalue weighted by Gasteiger charge is 2.30. The molecule has 0 aromatic carbocycles. The standard InChI is InChI=1S/C14H22ClN5O2/c1-3-4-20-9-11(15)12(17-20)14(22)19-6-5-18(2)7-10(8-19)13(16)21/h9-10H,3-8H2,1-2H3,(H2,16,21)/t10-/m0/s1. The van der Waals surface area contributed by atoms with E-state index in [0.29, 0.717) is 37.7 Å². The lowest BCUT2D eigenvalue weighted by atomic mass is 10.1. The van der Waals surface area contributed by atoms with Gasteiger partial charge in [-0.25, -0.2) is 0 Å². The Kier molecular flexibility index (Phi) is 5.42. The first-order valence-corrected chi connectivity index (χ1v) is 7.80. The van der Waals surface area contributed by atoms with E-state index in [2.05, 4.69) is 5.10 Å². The third-order valence-electron chi connectivity index (χ3n) is 3.79.